The molecule has 0 unspecified atom stereocenters. The van der Waals surface area contributed by atoms with E-state index in [1.807, 2.05) is 13.0 Å². The maximum absolute atomic E-state index is 11.6. The van der Waals surface area contributed by atoms with Gasteiger partial charge in [-0.15, -0.1) is 0 Å². The summed E-state index contributed by atoms with van der Waals surface area (Å²) in [4.78, 5) is 22.5. The van der Waals surface area contributed by atoms with Gasteiger partial charge >= 0.3 is 5.97 Å². The van der Waals surface area contributed by atoms with Crippen molar-refractivity contribution in [1.82, 2.24) is 9.78 Å². The molecule has 1 aromatic carbocycles. The molecule has 110 valence electrons. The maximum atomic E-state index is 11.6. The molecule has 1 heterocycles. The van der Waals surface area contributed by atoms with Crippen molar-refractivity contribution in [3.8, 4) is 0 Å². The summed E-state index contributed by atoms with van der Waals surface area (Å²) >= 11 is 1.18. The highest BCUT2D eigenvalue weighted by Crippen LogP contribution is 2.35. The zero-order chi connectivity index (χ0) is 15.6. The van der Waals surface area contributed by atoms with Crippen molar-refractivity contribution in [1.29, 1.82) is 0 Å². The molecule has 2 aromatic rings. The van der Waals surface area contributed by atoms with Gasteiger partial charge in [-0.25, -0.2) is 4.79 Å². The van der Waals surface area contributed by atoms with Crippen LogP contribution in [-0.4, -0.2) is 27.8 Å². The number of nitrogens with zero attached hydrogens (tertiary/aromatic N) is 3. The summed E-state index contributed by atoms with van der Waals surface area (Å²) in [6, 6.07) is 5.95. The van der Waals surface area contributed by atoms with Crippen LogP contribution in [0.2, 0.25) is 0 Å². The molecule has 0 aliphatic heterocycles. The van der Waals surface area contributed by atoms with Crippen molar-refractivity contribution < 1.29 is 14.5 Å². The van der Waals surface area contributed by atoms with Crippen LogP contribution in [0.5, 0.6) is 0 Å². The number of nitro benzene ring substituents is 1. The van der Waals surface area contributed by atoms with Crippen LogP contribution < -0.4 is 0 Å². The third-order valence-corrected chi connectivity index (χ3v) is 3.89. The Morgan fingerprint density at radius 3 is 2.67 bits per heavy atom. The number of carbonyl (C=O) groups excluding carboxylic acids is 1. The molecule has 0 N–H and O–H groups in total. The van der Waals surface area contributed by atoms with Crippen molar-refractivity contribution in [2.24, 2.45) is 7.05 Å². The summed E-state index contributed by atoms with van der Waals surface area (Å²) in [6.07, 6.45) is 0. The van der Waals surface area contributed by atoms with E-state index in [4.69, 9.17) is 0 Å². The molecule has 0 fully saturated rings. The number of esters is 1. The molecule has 8 heteroatoms. The summed E-state index contributed by atoms with van der Waals surface area (Å²) in [6.45, 7) is 1.84. The smallest absolute Gasteiger partial charge is 0.337 e. The first kappa shape index (κ1) is 15.0. The zero-order valence-electron chi connectivity index (χ0n) is 11.7. The van der Waals surface area contributed by atoms with Crippen molar-refractivity contribution in [3.63, 3.8) is 0 Å². The van der Waals surface area contributed by atoms with E-state index >= 15 is 0 Å². The Kier molecular flexibility index (Phi) is 4.27. The molecular formula is C13H13N3O4S. The summed E-state index contributed by atoms with van der Waals surface area (Å²) < 4.78 is 6.27. The molecule has 7 nitrogen and oxygen atoms in total. The number of ether oxygens (including phenoxy) is 1. The first-order chi connectivity index (χ1) is 9.92. The minimum absolute atomic E-state index is 0.0634. The van der Waals surface area contributed by atoms with Crippen LogP contribution in [0.4, 0.5) is 5.69 Å². The topological polar surface area (TPSA) is 87.3 Å². The lowest BCUT2D eigenvalue weighted by Crippen LogP contribution is -2.02. The predicted octanol–water partition coefficient (Wildman–Crippen LogP) is 2.57. The lowest BCUT2D eigenvalue weighted by molar-refractivity contribution is -0.387. The molecule has 0 atom stereocenters. The lowest BCUT2D eigenvalue weighted by Gasteiger charge is -2.05. The number of rotatable bonds is 4. The van der Waals surface area contributed by atoms with Crippen LogP contribution >= 0.6 is 11.8 Å². The highest BCUT2D eigenvalue weighted by atomic mass is 32.2. The largest absolute Gasteiger partial charge is 0.465 e. The van der Waals surface area contributed by atoms with Crippen LogP contribution in [0, 0.1) is 17.0 Å². The SMILES string of the molecule is COC(=O)c1ccc([N+](=O)[O-])c(Sc2cc(C)nn2C)c1. The monoisotopic (exact) mass is 307 g/mol. The van der Waals surface area contributed by atoms with Crippen molar-refractivity contribution in [2.75, 3.05) is 7.11 Å². The minimum Gasteiger partial charge on any atom is -0.465 e. The predicted molar refractivity (Wildman–Crippen MR) is 76.5 cm³/mol. The molecule has 0 spiro atoms. The molecule has 0 saturated heterocycles. The van der Waals surface area contributed by atoms with Crippen molar-refractivity contribution in [3.05, 3.63) is 45.6 Å². The van der Waals surface area contributed by atoms with Crippen LogP contribution in [0.15, 0.2) is 34.2 Å². The van der Waals surface area contributed by atoms with Crippen LogP contribution in [0.3, 0.4) is 0 Å². The first-order valence-electron chi connectivity index (χ1n) is 5.97. The van der Waals surface area contributed by atoms with E-state index in [0.717, 1.165) is 10.7 Å². The van der Waals surface area contributed by atoms with Gasteiger partial charge in [0.1, 0.15) is 0 Å². The van der Waals surface area contributed by atoms with E-state index in [-0.39, 0.29) is 11.3 Å². The number of benzene rings is 1. The number of nitro groups is 1. The number of aromatic nitrogens is 2. The first-order valence-corrected chi connectivity index (χ1v) is 6.79. The molecule has 1 aromatic heterocycles. The molecule has 21 heavy (non-hydrogen) atoms. The van der Waals surface area contributed by atoms with E-state index < -0.39 is 10.9 Å². The standard InChI is InChI=1S/C13H13N3O4S/c1-8-6-12(15(2)14-8)21-11-7-9(13(17)20-3)4-5-10(11)16(18)19/h4-7H,1-3H3. The lowest BCUT2D eigenvalue weighted by atomic mass is 10.2. The van der Waals surface area contributed by atoms with Crippen LogP contribution in [0.25, 0.3) is 0 Å². The Morgan fingerprint density at radius 2 is 2.14 bits per heavy atom. The normalized spacial score (nSPS) is 10.4. The van der Waals surface area contributed by atoms with E-state index in [1.165, 1.54) is 37.1 Å². The van der Waals surface area contributed by atoms with Crippen LogP contribution in [-0.2, 0) is 11.8 Å². The van der Waals surface area contributed by atoms with E-state index in [9.17, 15) is 14.9 Å². The molecule has 0 amide bonds. The quantitative estimate of drug-likeness (QED) is 0.490. The molecule has 0 aliphatic rings. The van der Waals surface area contributed by atoms with Crippen molar-refractivity contribution in [2.45, 2.75) is 16.8 Å². The Morgan fingerprint density at radius 1 is 1.43 bits per heavy atom. The van der Waals surface area contributed by atoms with Crippen LogP contribution in [0.1, 0.15) is 16.1 Å². The third-order valence-electron chi connectivity index (χ3n) is 2.75. The number of hydrogen-bond donors (Lipinski definition) is 0. The van der Waals surface area contributed by atoms with E-state index in [2.05, 4.69) is 9.84 Å². The summed E-state index contributed by atoms with van der Waals surface area (Å²) in [5.74, 6) is -0.534. The Hall–Kier alpha value is -2.35. The Bertz CT molecular complexity index is 711. The molecule has 0 aliphatic carbocycles. The van der Waals surface area contributed by atoms with Gasteiger partial charge in [-0.3, -0.25) is 14.8 Å². The second kappa shape index (κ2) is 5.96. The second-order valence-corrected chi connectivity index (χ2v) is 5.34. The average Bonchev–Trinajstić information content (AvgIpc) is 2.75. The fourth-order valence-corrected chi connectivity index (χ4v) is 2.85. The summed E-state index contributed by atoms with van der Waals surface area (Å²) in [5, 5.41) is 16.0. The fraction of sp³-hybridized carbons (Fsp3) is 0.231. The molecule has 2 rings (SSSR count). The van der Waals surface area contributed by atoms with Crippen molar-refractivity contribution >= 4 is 23.4 Å². The van der Waals surface area contributed by atoms with E-state index in [0.29, 0.717) is 4.90 Å². The Labute approximate surface area is 125 Å². The summed E-state index contributed by atoms with van der Waals surface area (Å²) in [7, 11) is 3.02. The van der Waals surface area contributed by atoms with Gasteiger partial charge < -0.3 is 4.74 Å². The Balaban J connectivity index is 2.46. The third kappa shape index (κ3) is 3.22. The summed E-state index contributed by atoms with van der Waals surface area (Å²) in [5.41, 5.74) is 1.02. The zero-order valence-corrected chi connectivity index (χ0v) is 12.5. The maximum Gasteiger partial charge on any atom is 0.337 e. The average molecular weight is 307 g/mol. The number of methoxy groups -OCH3 is 1. The second-order valence-electron chi connectivity index (χ2n) is 4.28. The molecule has 0 bridgehead atoms. The van der Waals surface area contributed by atoms with Gasteiger partial charge in [-0.1, -0.05) is 11.8 Å². The molecule has 0 saturated carbocycles. The van der Waals surface area contributed by atoms with Gasteiger partial charge in [0, 0.05) is 13.1 Å². The van der Waals surface area contributed by atoms with Gasteiger partial charge in [0.25, 0.3) is 5.69 Å². The van der Waals surface area contributed by atoms with Gasteiger partial charge in [0.05, 0.1) is 33.2 Å². The highest BCUT2D eigenvalue weighted by Gasteiger charge is 2.19. The molecule has 0 radical (unpaired) electrons. The molecular weight excluding hydrogens is 294 g/mol. The minimum atomic E-state index is -0.534. The van der Waals surface area contributed by atoms with Gasteiger partial charge in [0.15, 0.2) is 0 Å². The van der Waals surface area contributed by atoms with Gasteiger partial charge in [0.2, 0.25) is 0 Å². The highest BCUT2D eigenvalue weighted by molar-refractivity contribution is 7.99. The van der Waals surface area contributed by atoms with E-state index in [1.54, 1.807) is 11.7 Å². The number of carbonyl (C=O) groups is 1. The number of hydrogen-bond acceptors (Lipinski definition) is 6. The van der Waals surface area contributed by atoms with Gasteiger partial charge in [-0.2, -0.15) is 5.10 Å². The number of aryl methyl sites for hydroxylation is 2. The van der Waals surface area contributed by atoms with Gasteiger partial charge in [-0.05, 0) is 25.1 Å². The fourth-order valence-electron chi connectivity index (χ4n) is 1.79.